The predicted octanol–water partition coefficient (Wildman–Crippen LogP) is -0.718. The summed E-state index contributed by atoms with van der Waals surface area (Å²) in [6.07, 6.45) is 0. The summed E-state index contributed by atoms with van der Waals surface area (Å²) in [6, 6.07) is 0. The van der Waals surface area contributed by atoms with Gasteiger partial charge < -0.3 is 14.6 Å². The van der Waals surface area contributed by atoms with Crippen molar-refractivity contribution in [3.8, 4) is 0 Å². The largest absolute Gasteiger partial charge is 0.383 e. The van der Waals surface area contributed by atoms with E-state index in [2.05, 4.69) is 10.3 Å². The highest BCUT2D eigenvalue weighted by molar-refractivity contribution is 5.71. The van der Waals surface area contributed by atoms with Crippen LogP contribution in [0.5, 0.6) is 0 Å². The fourth-order valence-electron chi connectivity index (χ4n) is 2.39. The fourth-order valence-corrected chi connectivity index (χ4v) is 2.39. The Morgan fingerprint density at radius 2 is 2.00 bits per heavy atom. The Morgan fingerprint density at radius 1 is 1.29 bits per heavy atom. The molecule has 1 N–H and O–H groups in total. The van der Waals surface area contributed by atoms with Gasteiger partial charge in [0.05, 0.1) is 19.7 Å². The van der Waals surface area contributed by atoms with Crippen molar-refractivity contribution in [3.63, 3.8) is 0 Å². The first-order valence-electron chi connectivity index (χ1n) is 6.89. The van der Waals surface area contributed by atoms with Gasteiger partial charge in [-0.25, -0.2) is 9.78 Å². The van der Waals surface area contributed by atoms with Crippen molar-refractivity contribution in [2.45, 2.75) is 26.6 Å². The van der Waals surface area contributed by atoms with E-state index in [-0.39, 0.29) is 11.2 Å². The molecular formula is C13H21N5O3. The molecule has 0 saturated carbocycles. The molecular weight excluding hydrogens is 274 g/mol. The molecule has 0 unspecified atom stereocenters. The van der Waals surface area contributed by atoms with Gasteiger partial charge in [0.15, 0.2) is 11.2 Å². The van der Waals surface area contributed by atoms with E-state index in [0.717, 1.165) is 0 Å². The zero-order valence-corrected chi connectivity index (χ0v) is 12.8. The minimum atomic E-state index is -0.346. The van der Waals surface area contributed by atoms with Crippen LogP contribution in [0.3, 0.4) is 0 Å². The Morgan fingerprint density at radius 3 is 2.57 bits per heavy atom. The number of hydrogen-bond donors (Lipinski definition) is 1. The molecule has 21 heavy (non-hydrogen) atoms. The number of methoxy groups -OCH3 is 1. The quantitative estimate of drug-likeness (QED) is 0.760. The fraction of sp³-hybridized carbons (Fsp3) is 0.615. The van der Waals surface area contributed by atoms with E-state index in [0.29, 0.717) is 43.2 Å². The molecule has 2 aromatic heterocycles. The molecule has 0 radical (unpaired) electrons. The first-order valence-corrected chi connectivity index (χ1v) is 6.89. The van der Waals surface area contributed by atoms with Gasteiger partial charge in [0.25, 0.3) is 5.56 Å². The van der Waals surface area contributed by atoms with Gasteiger partial charge in [0, 0.05) is 20.7 Å². The Balaban J connectivity index is 2.83. The highest BCUT2D eigenvalue weighted by atomic mass is 16.5. The molecule has 0 saturated heterocycles. The van der Waals surface area contributed by atoms with Crippen LogP contribution in [0.4, 0.5) is 0 Å². The van der Waals surface area contributed by atoms with Crippen molar-refractivity contribution in [2.24, 2.45) is 7.05 Å². The number of hydrogen-bond acceptors (Lipinski definition) is 5. The molecule has 0 atom stereocenters. The summed E-state index contributed by atoms with van der Waals surface area (Å²) >= 11 is 0. The number of imidazole rings is 1. The van der Waals surface area contributed by atoms with Crippen LogP contribution in [0.2, 0.25) is 0 Å². The van der Waals surface area contributed by atoms with Crippen LogP contribution < -0.4 is 16.6 Å². The molecule has 2 heterocycles. The van der Waals surface area contributed by atoms with E-state index in [4.69, 9.17) is 4.74 Å². The van der Waals surface area contributed by atoms with Crippen LogP contribution in [-0.4, -0.2) is 39.4 Å². The van der Waals surface area contributed by atoms with Gasteiger partial charge in [-0.1, -0.05) is 0 Å². The standard InChI is InChI=1S/C13H21N5O3/c1-5-17-12(19)10-11(15-9(8-14-2)16(10)3)18(13(17)20)6-7-21-4/h14H,5-8H2,1-4H3. The number of rotatable bonds is 6. The molecule has 0 aliphatic rings. The zero-order chi connectivity index (χ0) is 15.6. The smallest absolute Gasteiger partial charge is 0.332 e. The van der Waals surface area contributed by atoms with Gasteiger partial charge >= 0.3 is 5.69 Å². The molecule has 0 fully saturated rings. The maximum absolute atomic E-state index is 12.5. The monoisotopic (exact) mass is 295 g/mol. The number of fused-ring (bicyclic) bond motifs is 1. The summed E-state index contributed by atoms with van der Waals surface area (Å²) in [6.45, 7) is 3.37. The molecule has 0 spiro atoms. The summed E-state index contributed by atoms with van der Waals surface area (Å²) in [5.74, 6) is 0.712. The molecule has 0 amide bonds. The molecule has 116 valence electrons. The minimum Gasteiger partial charge on any atom is -0.383 e. The number of aromatic nitrogens is 4. The molecule has 8 nitrogen and oxygen atoms in total. The number of ether oxygens (including phenoxy) is 1. The number of nitrogens with zero attached hydrogens (tertiary/aromatic N) is 4. The first kappa shape index (κ1) is 15.5. The maximum atomic E-state index is 12.5. The summed E-state index contributed by atoms with van der Waals surface area (Å²) < 4.78 is 9.51. The molecule has 0 aliphatic heterocycles. The average molecular weight is 295 g/mol. The molecule has 0 aromatic carbocycles. The third kappa shape index (κ3) is 2.52. The van der Waals surface area contributed by atoms with E-state index in [1.165, 1.54) is 9.13 Å². The molecule has 0 aliphatic carbocycles. The van der Waals surface area contributed by atoms with E-state index in [9.17, 15) is 9.59 Å². The predicted molar refractivity (Wildman–Crippen MR) is 79.5 cm³/mol. The summed E-state index contributed by atoms with van der Waals surface area (Å²) in [5.41, 5.74) is 0.210. The third-order valence-electron chi connectivity index (χ3n) is 3.50. The van der Waals surface area contributed by atoms with E-state index in [1.807, 2.05) is 7.05 Å². The molecule has 0 bridgehead atoms. The second kappa shape index (κ2) is 6.23. The summed E-state index contributed by atoms with van der Waals surface area (Å²) in [7, 11) is 5.17. The van der Waals surface area contributed by atoms with Gasteiger partial charge in [-0.3, -0.25) is 13.9 Å². The Bertz CT molecular complexity index is 756. The lowest BCUT2D eigenvalue weighted by Gasteiger charge is -2.09. The summed E-state index contributed by atoms with van der Waals surface area (Å²) in [5, 5.41) is 3.01. The van der Waals surface area contributed by atoms with Crippen molar-refractivity contribution in [3.05, 3.63) is 26.7 Å². The van der Waals surface area contributed by atoms with Crippen molar-refractivity contribution < 1.29 is 4.74 Å². The van der Waals surface area contributed by atoms with Gasteiger partial charge in [0.1, 0.15) is 5.82 Å². The highest BCUT2D eigenvalue weighted by Gasteiger charge is 2.18. The van der Waals surface area contributed by atoms with Crippen molar-refractivity contribution in [1.29, 1.82) is 0 Å². The van der Waals surface area contributed by atoms with E-state index >= 15 is 0 Å². The van der Waals surface area contributed by atoms with Gasteiger partial charge in [-0.2, -0.15) is 0 Å². The normalized spacial score (nSPS) is 11.4. The minimum absolute atomic E-state index is 0.302. The van der Waals surface area contributed by atoms with E-state index in [1.54, 1.807) is 25.6 Å². The lowest BCUT2D eigenvalue weighted by molar-refractivity contribution is 0.186. The second-order valence-electron chi connectivity index (χ2n) is 4.77. The van der Waals surface area contributed by atoms with Crippen molar-refractivity contribution >= 4 is 11.2 Å². The molecule has 2 rings (SSSR count). The van der Waals surface area contributed by atoms with Crippen LogP contribution in [-0.2, 0) is 31.4 Å². The van der Waals surface area contributed by atoms with Crippen LogP contribution in [0.25, 0.3) is 11.2 Å². The van der Waals surface area contributed by atoms with Crippen molar-refractivity contribution in [2.75, 3.05) is 20.8 Å². The Kier molecular flexibility index (Phi) is 4.59. The van der Waals surface area contributed by atoms with E-state index < -0.39 is 0 Å². The average Bonchev–Trinajstić information content (AvgIpc) is 2.77. The summed E-state index contributed by atoms with van der Waals surface area (Å²) in [4.78, 5) is 29.4. The molecule has 2 aromatic rings. The first-order chi connectivity index (χ1) is 10.1. The van der Waals surface area contributed by atoms with Crippen molar-refractivity contribution in [1.82, 2.24) is 24.0 Å². The lowest BCUT2D eigenvalue weighted by atomic mass is 10.4. The number of nitrogens with one attached hydrogen (secondary N) is 1. The highest BCUT2D eigenvalue weighted by Crippen LogP contribution is 2.09. The lowest BCUT2D eigenvalue weighted by Crippen LogP contribution is -2.40. The Labute approximate surface area is 122 Å². The van der Waals surface area contributed by atoms with Crippen LogP contribution in [0.15, 0.2) is 9.59 Å². The number of aryl methyl sites for hydroxylation is 1. The Hall–Kier alpha value is -1.93. The van der Waals surface area contributed by atoms with Crippen LogP contribution in [0, 0.1) is 0 Å². The van der Waals surface area contributed by atoms with Gasteiger partial charge in [-0.15, -0.1) is 0 Å². The van der Waals surface area contributed by atoms with Crippen LogP contribution >= 0.6 is 0 Å². The zero-order valence-electron chi connectivity index (χ0n) is 12.8. The second-order valence-corrected chi connectivity index (χ2v) is 4.77. The molecule has 8 heteroatoms. The van der Waals surface area contributed by atoms with Gasteiger partial charge in [0.2, 0.25) is 0 Å². The maximum Gasteiger partial charge on any atom is 0.332 e. The van der Waals surface area contributed by atoms with Crippen LogP contribution in [0.1, 0.15) is 12.7 Å². The van der Waals surface area contributed by atoms with Gasteiger partial charge in [-0.05, 0) is 14.0 Å². The SMILES string of the molecule is CCn1c(=O)c2c(nc(CNC)n2C)n(CCOC)c1=O. The third-order valence-corrected chi connectivity index (χ3v) is 3.50. The topological polar surface area (TPSA) is 83.1 Å².